The molecular formula is C13H19FO. The molecule has 2 heteroatoms. The second-order valence-electron chi connectivity index (χ2n) is 4.50. The number of aliphatic hydroxyl groups excluding tert-OH is 1. The Morgan fingerprint density at radius 2 is 1.93 bits per heavy atom. The van der Waals surface area contributed by atoms with Gasteiger partial charge in [-0.15, -0.1) is 0 Å². The molecule has 84 valence electrons. The highest BCUT2D eigenvalue weighted by atomic mass is 19.1. The lowest BCUT2D eigenvalue weighted by Gasteiger charge is -2.13. The van der Waals surface area contributed by atoms with E-state index in [1.165, 1.54) is 6.07 Å². The molecule has 1 aromatic carbocycles. The van der Waals surface area contributed by atoms with Crippen molar-refractivity contribution >= 4 is 0 Å². The lowest BCUT2D eigenvalue weighted by Crippen LogP contribution is -2.00. The molecule has 1 atom stereocenters. The van der Waals surface area contributed by atoms with Crippen LogP contribution in [0.4, 0.5) is 4.39 Å². The Balaban J connectivity index is 2.65. The zero-order valence-corrected chi connectivity index (χ0v) is 9.63. The van der Waals surface area contributed by atoms with Crippen molar-refractivity contribution in [1.82, 2.24) is 0 Å². The van der Waals surface area contributed by atoms with Crippen LogP contribution in [0, 0.1) is 18.7 Å². The van der Waals surface area contributed by atoms with Crippen LogP contribution in [-0.2, 0) is 0 Å². The Bertz CT molecular complexity index is 320. The third kappa shape index (κ3) is 3.63. The first-order valence-corrected chi connectivity index (χ1v) is 5.45. The number of aliphatic hydroxyl groups is 1. The fraction of sp³-hybridized carbons (Fsp3) is 0.538. The maximum absolute atomic E-state index is 13.0. The summed E-state index contributed by atoms with van der Waals surface area (Å²) in [6.45, 7) is 5.97. The molecule has 0 saturated carbocycles. The van der Waals surface area contributed by atoms with Gasteiger partial charge >= 0.3 is 0 Å². The average Bonchev–Trinajstić information content (AvgIpc) is 2.18. The molecule has 0 amide bonds. The van der Waals surface area contributed by atoms with Crippen molar-refractivity contribution in [2.75, 3.05) is 0 Å². The SMILES string of the molecule is Cc1cc(C(O)CCC(C)C)ccc1F. The van der Waals surface area contributed by atoms with Crippen molar-refractivity contribution < 1.29 is 9.50 Å². The third-order valence-corrected chi connectivity index (χ3v) is 2.58. The van der Waals surface area contributed by atoms with Crippen LogP contribution in [-0.4, -0.2) is 5.11 Å². The number of aryl methyl sites for hydroxylation is 1. The van der Waals surface area contributed by atoms with Crippen molar-refractivity contribution in [2.45, 2.75) is 39.7 Å². The topological polar surface area (TPSA) is 20.2 Å². The summed E-state index contributed by atoms with van der Waals surface area (Å²) in [6.07, 6.45) is 1.26. The van der Waals surface area contributed by atoms with Gasteiger partial charge in [0, 0.05) is 0 Å². The van der Waals surface area contributed by atoms with E-state index in [-0.39, 0.29) is 5.82 Å². The normalized spacial score (nSPS) is 13.2. The van der Waals surface area contributed by atoms with Crippen LogP contribution in [0.25, 0.3) is 0 Å². The Kier molecular flexibility index (Phi) is 4.28. The molecule has 0 aliphatic carbocycles. The van der Waals surface area contributed by atoms with Gasteiger partial charge in [-0.25, -0.2) is 4.39 Å². The van der Waals surface area contributed by atoms with Crippen LogP contribution in [0.1, 0.15) is 43.9 Å². The summed E-state index contributed by atoms with van der Waals surface area (Å²) in [5.74, 6) is 0.371. The molecule has 1 unspecified atom stereocenters. The molecule has 1 N–H and O–H groups in total. The van der Waals surface area contributed by atoms with Crippen LogP contribution < -0.4 is 0 Å². The zero-order chi connectivity index (χ0) is 11.4. The highest BCUT2D eigenvalue weighted by Crippen LogP contribution is 2.22. The summed E-state index contributed by atoms with van der Waals surface area (Å²) in [6, 6.07) is 4.80. The van der Waals surface area contributed by atoms with E-state index >= 15 is 0 Å². The van der Waals surface area contributed by atoms with E-state index in [1.807, 2.05) is 0 Å². The number of halogens is 1. The molecule has 1 aromatic rings. The van der Waals surface area contributed by atoms with Gasteiger partial charge in [-0.2, -0.15) is 0 Å². The lowest BCUT2D eigenvalue weighted by molar-refractivity contribution is 0.159. The predicted octanol–water partition coefficient (Wildman–Crippen LogP) is 3.60. The van der Waals surface area contributed by atoms with Gasteiger partial charge in [-0.1, -0.05) is 26.0 Å². The van der Waals surface area contributed by atoms with Crippen LogP contribution >= 0.6 is 0 Å². The molecular weight excluding hydrogens is 191 g/mol. The van der Waals surface area contributed by atoms with Crippen molar-refractivity contribution in [1.29, 1.82) is 0 Å². The van der Waals surface area contributed by atoms with Crippen molar-refractivity contribution in [3.05, 3.63) is 35.1 Å². The number of hydrogen-bond acceptors (Lipinski definition) is 1. The van der Waals surface area contributed by atoms with Crippen LogP contribution in [0.3, 0.4) is 0 Å². The fourth-order valence-corrected chi connectivity index (χ4v) is 1.53. The average molecular weight is 210 g/mol. The van der Waals surface area contributed by atoms with E-state index < -0.39 is 6.10 Å². The number of hydrogen-bond donors (Lipinski definition) is 1. The lowest BCUT2D eigenvalue weighted by atomic mass is 9.99. The summed E-state index contributed by atoms with van der Waals surface area (Å²) in [5, 5.41) is 9.86. The second-order valence-corrected chi connectivity index (χ2v) is 4.50. The first kappa shape index (κ1) is 12.2. The van der Waals surface area contributed by atoms with Crippen LogP contribution in [0.15, 0.2) is 18.2 Å². The number of benzene rings is 1. The van der Waals surface area contributed by atoms with Gasteiger partial charge in [0.05, 0.1) is 6.10 Å². The predicted molar refractivity (Wildman–Crippen MR) is 60.2 cm³/mol. The van der Waals surface area contributed by atoms with E-state index in [9.17, 15) is 9.50 Å². The van der Waals surface area contributed by atoms with E-state index in [0.29, 0.717) is 11.5 Å². The van der Waals surface area contributed by atoms with Crippen molar-refractivity contribution in [2.24, 2.45) is 5.92 Å². The largest absolute Gasteiger partial charge is 0.388 e. The summed E-state index contributed by atoms with van der Waals surface area (Å²) in [5.41, 5.74) is 1.41. The Labute approximate surface area is 90.9 Å². The van der Waals surface area contributed by atoms with Crippen LogP contribution in [0.5, 0.6) is 0 Å². The van der Waals surface area contributed by atoms with Gasteiger partial charge in [0.25, 0.3) is 0 Å². The maximum atomic E-state index is 13.0. The minimum atomic E-state index is -0.466. The standard InChI is InChI=1S/C13H19FO/c1-9(2)4-7-13(15)11-5-6-12(14)10(3)8-11/h5-6,8-9,13,15H,4,7H2,1-3H3. The molecule has 15 heavy (non-hydrogen) atoms. The van der Waals surface area contributed by atoms with E-state index in [1.54, 1.807) is 19.1 Å². The molecule has 0 radical (unpaired) electrons. The fourth-order valence-electron chi connectivity index (χ4n) is 1.53. The summed E-state index contributed by atoms with van der Waals surface area (Å²) < 4.78 is 13.0. The highest BCUT2D eigenvalue weighted by Gasteiger charge is 2.09. The Morgan fingerprint density at radius 1 is 1.27 bits per heavy atom. The second kappa shape index (κ2) is 5.26. The molecule has 0 aromatic heterocycles. The molecule has 0 heterocycles. The van der Waals surface area contributed by atoms with E-state index in [4.69, 9.17) is 0 Å². The molecule has 0 saturated heterocycles. The Hall–Kier alpha value is -0.890. The van der Waals surface area contributed by atoms with E-state index in [2.05, 4.69) is 13.8 Å². The first-order chi connectivity index (χ1) is 7.00. The number of rotatable bonds is 4. The van der Waals surface area contributed by atoms with Gasteiger partial charge in [-0.3, -0.25) is 0 Å². The highest BCUT2D eigenvalue weighted by molar-refractivity contribution is 5.25. The molecule has 0 aliphatic rings. The molecule has 0 fully saturated rings. The van der Waals surface area contributed by atoms with Gasteiger partial charge in [0.2, 0.25) is 0 Å². The molecule has 0 bridgehead atoms. The first-order valence-electron chi connectivity index (χ1n) is 5.45. The monoisotopic (exact) mass is 210 g/mol. The smallest absolute Gasteiger partial charge is 0.126 e. The van der Waals surface area contributed by atoms with Gasteiger partial charge in [-0.05, 0) is 42.9 Å². The van der Waals surface area contributed by atoms with Crippen molar-refractivity contribution in [3.8, 4) is 0 Å². The molecule has 0 spiro atoms. The van der Waals surface area contributed by atoms with Gasteiger partial charge in [0.1, 0.15) is 5.82 Å². The molecule has 1 rings (SSSR count). The Morgan fingerprint density at radius 3 is 2.47 bits per heavy atom. The summed E-state index contributed by atoms with van der Waals surface area (Å²) >= 11 is 0. The minimum Gasteiger partial charge on any atom is -0.388 e. The molecule has 1 nitrogen and oxygen atoms in total. The zero-order valence-electron chi connectivity index (χ0n) is 9.63. The third-order valence-electron chi connectivity index (χ3n) is 2.58. The van der Waals surface area contributed by atoms with Gasteiger partial charge < -0.3 is 5.11 Å². The van der Waals surface area contributed by atoms with E-state index in [0.717, 1.165) is 18.4 Å². The molecule has 0 aliphatic heterocycles. The minimum absolute atomic E-state index is 0.213. The summed E-state index contributed by atoms with van der Waals surface area (Å²) in [4.78, 5) is 0. The van der Waals surface area contributed by atoms with Crippen molar-refractivity contribution in [3.63, 3.8) is 0 Å². The van der Waals surface area contributed by atoms with Crippen LogP contribution in [0.2, 0.25) is 0 Å². The van der Waals surface area contributed by atoms with Gasteiger partial charge in [0.15, 0.2) is 0 Å². The quantitative estimate of drug-likeness (QED) is 0.805. The maximum Gasteiger partial charge on any atom is 0.126 e. The summed E-state index contributed by atoms with van der Waals surface area (Å²) in [7, 11) is 0.